The summed E-state index contributed by atoms with van der Waals surface area (Å²) < 4.78 is 5.04. The first-order valence-corrected chi connectivity index (χ1v) is 5.04. The number of ether oxygens (including phenoxy) is 1. The molecule has 1 rings (SSSR count). The van der Waals surface area contributed by atoms with Crippen molar-refractivity contribution in [1.82, 2.24) is 0 Å². The van der Waals surface area contributed by atoms with Crippen molar-refractivity contribution in [1.29, 1.82) is 0 Å². The van der Waals surface area contributed by atoms with Gasteiger partial charge in [0, 0.05) is 6.42 Å². The van der Waals surface area contributed by atoms with E-state index >= 15 is 0 Å². The number of primary amides is 1. The van der Waals surface area contributed by atoms with Gasteiger partial charge in [0.2, 0.25) is 5.91 Å². The predicted molar refractivity (Wildman–Crippen MR) is 60.2 cm³/mol. The fraction of sp³-hybridized carbons (Fsp3) is 0.364. The smallest absolute Gasteiger partial charge is 0.218 e. The van der Waals surface area contributed by atoms with Crippen LogP contribution in [0.5, 0.6) is 5.75 Å². The molecule has 1 aromatic carbocycles. The van der Waals surface area contributed by atoms with E-state index in [2.05, 4.69) is 0 Å². The zero-order valence-corrected chi connectivity index (χ0v) is 9.54. The van der Waals surface area contributed by atoms with Crippen molar-refractivity contribution in [3.63, 3.8) is 0 Å². The number of carbonyl (C=O) groups excluding carboxylic acids is 1. The van der Waals surface area contributed by atoms with Crippen LogP contribution in [0, 0.1) is 0 Å². The summed E-state index contributed by atoms with van der Waals surface area (Å²) in [6, 6.07) is 5.47. The Labute approximate surface area is 94.2 Å². The molecule has 2 N–H and O–H groups in total. The molecule has 0 saturated carbocycles. The van der Waals surface area contributed by atoms with Crippen molar-refractivity contribution in [2.45, 2.75) is 19.3 Å². The van der Waals surface area contributed by atoms with Crippen LogP contribution in [0.25, 0.3) is 0 Å². The molecule has 0 aliphatic heterocycles. The fourth-order valence-corrected chi connectivity index (χ4v) is 1.67. The number of nitrogens with two attached hydrogens (primary N) is 1. The van der Waals surface area contributed by atoms with Crippen LogP contribution in [-0.4, -0.2) is 13.0 Å². The maximum absolute atomic E-state index is 10.8. The van der Waals surface area contributed by atoms with E-state index in [9.17, 15) is 4.79 Å². The van der Waals surface area contributed by atoms with Crippen molar-refractivity contribution in [3.05, 3.63) is 28.8 Å². The van der Waals surface area contributed by atoms with Crippen LogP contribution < -0.4 is 10.5 Å². The summed E-state index contributed by atoms with van der Waals surface area (Å²) in [6.45, 7) is 1.93. The predicted octanol–water partition coefficient (Wildman–Crippen LogP) is 2.33. The first-order valence-electron chi connectivity index (χ1n) is 4.66. The summed E-state index contributed by atoms with van der Waals surface area (Å²) in [6.07, 6.45) is 0.322. The van der Waals surface area contributed by atoms with Gasteiger partial charge in [0.05, 0.1) is 12.1 Å². The largest absolute Gasteiger partial charge is 0.495 e. The molecule has 4 heteroatoms. The van der Waals surface area contributed by atoms with E-state index < -0.39 is 0 Å². The molecule has 0 fully saturated rings. The van der Waals surface area contributed by atoms with Gasteiger partial charge in [0.15, 0.2) is 0 Å². The second kappa shape index (κ2) is 5.03. The summed E-state index contributed by atoms with van der Waals surface area (Å²) >= 11 is 5.97. The Bertz CT molecular complexity index is 366. The van der Waals surface area contributed by atoms with Gasteiger partial charge in [-0.05, 0) is 23.6 Å². The monoisotopic (exact) mass is 227 g/mol. The topological polar surface area (TPSA) is 52.3 Å². The summed E-state index contributed by atoms with van der Waals surface area (Å²) in [4.78, 5) is 10.8. The quantitative estimate of drug-likeness (QED) is 0.858. The van der Waals surface area contributed by atoms with Crippen molar-refractivity contribution in [2.75, 3.05) is 7.11 Å². The first kappa shape index (κ1) is 11.9. The Kier molecular flexibility index (Phi) is 3.97. The molecule has 0 aliphatic carbocycles. The number of methoxy groups -OCH3 is 1. The van der Waals surface area contributed by atoms with E-state index in [1.165, 1.54) is 0 Å². The van der Waals surface area contributed by atoms with Gasteiger partial charge in [-0.2, -0.15) is 0 Å². The SMILES string of the molecule is COc1ccc(C(C)CC(N)=O)cc1Cl. The van der Waals surface area contributed by atoms with Gasteiger partial charge in [0.1, 0.15) is 5.75 Å². The van der Waals surface area contributed by atoms with Gasteiger partial charge in [-0.1, -0.05) is 24.6 Å². The number of carbonyl (C=O) groups is 1. The highest BCUT2D eigenvalue weighted by atomic mass is 35.5. The molecule has 1 atom stereocenters. The molecule has 0 heterocycles. The summed E-state index contributed by atoms with van der Waals surface area (Å²) in [7, 11) is 1.56. The van der Waals surface area contributed by atoms with Gasteiger partial charge < -0.3 is 10.5 Å². The molecule has 1 aromatic rings. The van der Waals surface area contributed by atoms with E-state index in [0.29, 0.717) is 17.2 Å². The summed E-state index contributed by atoms with van der Waals surface area (Å²) in [5, 5.41) is 0.548. The van der Waals surface area contributed by atoms with Crippen molar-refractivity contribution in [2.24, 2.45) is 5.73 Å². The van der Waals surface area contributed by atoms with Gasteiger partial charge >= 0.3 is 0 Å². The Hall–Kier alpha value is -1.22. The van der Waals surface area contributed by atoms with E-state index in [-0.39, 0.29) is 11.8 Å². The Morgan fingerprint density at radius 3 is 2.73 bits per heavy atom. The molecule has 0 saturated heterocycles. The number of hydrogen-bond donors (Lipinski definition) is 1. The first-order chi connectivity index (χ1) is 7.04. The minimum atomic E-state index is -0.311. The molecular weight excluding hydrogens is 214 g/mol. The average Bonchev–Trinajstić information content (AvgIpc) is 2.16. The minimum absolute atomic E-state index is 0.0749. The molecule has 3 nitrogen and oxygen atoms in total. The van der Waals surface area contributed by atoms with E-state index in [4.69, 9.17) is 22.1 Å². The fourth-order valence-electron chi connectivity index (χ4n) is 1.41. The number of rotatable bonds is 4. The lowest BCUT2D eigenvalue weighted by molar-refractivity contribution is -0.118. The summed E-state index contributed by atoms with van der Waals surface area (Å²) in [5.41, 5.74) is 6.11. The lowest BCUT2D eigenvalue weighted by Crippen LogP contribution is -2.13. The molecule has 15 heavy (non-hydrogen) atoms. The third kappa shape index (κ3) is 3.13. The number of halogens is 1. The van der Waals surface area contributed by atoms with Crippen LogP contribution >= 0.6 is 11.6 Å². The molecular formula is C11H14ClNO2. The summed E-state index contributed by atoms with van der Waals surface area (Å²) in [5.74, 6) is 0.395. The zero-order chi connectivity index (χ0) is 11.4. The van der Waals surface area contributed by atoms with Gasteiger partial charge in [-0.3, -0.25) is 4.79 Å². The number of amides is 1. The maximum atomic E-state index is 10.8. The van der Waals surface area contributed by atoms with Gasteiger partial charge in [0.25, 0.3) is 0 Å². The molecule has 82 valence electrons. The maximum Gasteiger partial charge on any atom is 0.218 e. The second-order valence-electron chi connectivity index (χ2n) is 3.47. The molecule has 1 unspecified atom stereocenters. The van der Waals surface area contributed by atoms with Crippen LogP contribution in [-0.2, 0) is 4.79 Å². The third-order valence-corrected chi connectivity index (χ3v) is 2.55. The minimum Gasteiger partial charge on any atom is -0.495 e. The van der Waals surface area contributed by atoms with Gasteiger partial charge in [-0.15, -0.1) is 0 Å². The molecule has 0 aromatic heterocycles. The standard InChI is InChI=1S/C11H14ClNO2/c1-7(5-11(13)14)8-3-4-10(15-2)9(12)6-8/h3-4,6-7H,5H2,1-2H3,(H2,13,14). The van der Waals surface area contributed by atoms with E-state index in [0.717, 1.165) is 5.56 Å². The molecule has 1 amide bonds. The van der Waals surface area contributed by atoms with Crippen molar-refractivity contribution < 1.29 is 9.53 Å². The van der Waals surface area contributed by atoms with Crippen LogP contribution in [0.2, 0.25) is 5.02 Å². The highest BCUT2D eigenvalue weighted by Gasteiger charge is 2.10. The van der Waals surface area contributed by atoms with Gasteiger partial charge in [-0.25, -0.2) is 0 Å². The lowest BCUT2D eigenvalue weighted by atomic mass is 9.97. The average molecular weight is 228 g/mol. The molecule has 0 aliphatic rings. The second-order valence-corrected chi connectivity index (χ2v) is 3.87. The Morgan fingerprint density at radius 2 is 2.27 bits per heavy atom. The lowest BCUT2D eigenvalue weighted by Gasteiger charge is -2.11. The third-order valence-electron chi connectivity index (χ3n) is 2.25. The number of benzene rings is 1. The Morgan fingerprint density at radius 1 is 1.60 bits per heavy atom. The van der Waals surface area contributed by atoms with E-state index in [1.54, 1.807) is 19.2 Å². The van der Waals surface area contributed by atoms with E-state index in [1.807, 2.05) is 13.0 Å². The molecule has 0 bridgehead atoms. The highest BCUT2D eigenvalue weighted by Crippen LogP contribution is 2.29. The van der Waals surface area contributed by atoms with Crippen LogP contribution in [0.1, 0.15) is 24.8 Å². The molecule has 0 spiro atoms. The highest BCUT2D eigenvalue weighted by molar-refractivity contribution is 6.32. The zero-order valence-electron chi connectivity index (χ0n) is 8.79. The van der Waals surface area contributed by atoms with Crippen molar-refractivity contribution >= 4 is 17.5 Å². The molecule has 0 radical (unpaired) electrons. The van der Waals surface area contributed by atoms with Crippen LogP contribution in [0.4, 0.5) is 0 Å². The Balaban J connectivity index is 2.87. The number of hydrogen-bond acceptors (Lipinski definition) is 2. The van der Waals surface area contributed by atoms with Crippen LogP contribution in [0.3, 0.4) is 0 Å². The normalized spacial score (nSPS) is 12.2. The van der Waals surface area contributed by atoms with Crippen LogP contribution in [0.15, 0.2) is 18.2 Å². The van der Waals surface area contributed by atoms with Crippen molar-refractivity contribution in [3.8, 4) is 5.75 Å².